The molecule has 33 heavy (non-hydrogen) atoms. The van der Waals surface area contributed by atoms with E-state index in [1.807, 2.05) is 32.0 Å². The number of nitrogens with one attached hydrogen (secondary N) is 1. The van der Waals surface area contributed by atoms with Crippen molar-refractivity contribution >= 4 is 21.3 Å². The number of para-hydroxylation sites is 1. The van der Waals surface area contributed by atoms with Crippen LogP contribution in [0.5, 0.6) is 11.5 Å². The standard InChI is InChI=1S/C27H31NO4S/c1-5-6-8-11-20-17-24(29)25(23-16-19(4)14-15-22(23)18(2)3)26(30)27(20)33(31,32)28-21-12-9-7-10-13-21/h7,9-10,12-17,28-30H,2,5-6,8,11H2,1,3-4H3. The van der Waals surface area contributed by atoms with Crippen molar-refractivity contribution < 1.29 is 18.6 Å². The maximum atomic E-state index is 13.5. The molecule has 0 fully saturated rings. The van der Waals surface area contributed by atoms with Gasteiger partial charge in [0, 0.05) is 5.69 Å². The minimum Gasteiger partial charge on any atom is -0.507 e. The SMILES string of the molecule is C=C(C)c1ccc(C)cc1-c1c(O)cc(CCCCC)c(S(=O)(=O)Nc2ccccc2)c1O. The summed E-state index contributed by atoms with van der Waals surface area (Å²) in [7, 11) is -4.14. The molecule has 0 spiro atoms. The van der Waals surface area contributed by atoms with E-state index in [1.165, 1.54) is 6.07 Å². The fourth-order valence-electron chi connectivity index (χ4n) is 3.96. The van der Waals surface area contributed by atoms with E-state index in [0.29, 0.717) is 23.2 Å². The molecule has 0 unspecified atom stereocenters. The highest BCUT2D eigenvalue weighted by Crippen LogP contribution is 2.46. The molecular formula is C27H31NO4S. The lowest BCUT2D eigenvalue weighted by Crippen LogP contribution is -2.16. The highest BCUT2D eigenvalue weighted by atomic mass is 32.2. The van der Waals surface area contributed by atoms with Gasteiger partial charge in [0.05, 0.1) is 5.56 Å². The molecule has 0 aliphatic heterocycles. The summed E-state index contributed by atoms with van der Waals surface area (Å²) >= 11 is 0. The Hall–Kier alpha value is -3.25. The molecule has 5 nitrogen and oxygen atoms in total. The number of rotatable bonds is 9. The topological polar surface area (TPSA) is 86.6 Å². The molecule has 0 amide bonds. The Bertz CT molecular complexity index is 1270. The van der Waals surface area contributed by atoms with Crippen molar-refractivity contribution in [1.29, 1.82) is 0 Å². The highest BCUT2D eigenvalue weighted by Gasteiger charge is 2.29. The largest absolute Gasteiger partial charge is 0.507 e. The number of aromatic hydroxyl groups is 2. The van der Waals surface area contributed by atoms with Gasteiger partial charge in [-0.25, -0.2) is 8.42 Å². The van der Waals surface area contributed by atoms with Crippen LogP contribution >= 0.6 is 0 Å². The van der Waals surface area contributed by atoms with Crippen molar-refractivity contribution in [1.82, 2.24) is 0 Å². The summed E-state index contributed by atoms with van der Waals surface area (Å²) in [6, 6.07) is 15.6. The summed E-state index contributed by atoms with van der Waals surface area (Å²) in [6.45, 7) is 9.79. The van der Waals surface area contributed by atoms with Crippen molar-refractivity contribution in [3.63, 3.8) is 0 Å². The molecule has 3 aromatic carbocycles. The summed E-state index contributed by atoms with van der Waals surface area (Å²) in [6.07, 6.45) is 3.03. The number of aryl methyl sites for hydroxylation is 2. The number of hydrogen-bond acceptors (Lipinski definition) is 4. The molecule has 0 saturated carbocycles. The first kappa shape index (κ1) is 24.4. The molecule has 0 atom stereocenters. The van der Waals surface area contributed by atoms with Gasteiger partial charge in [-0.05, 0) is 61.6 Å². The van der Waals surface area contributed by atoms with E-state index in [4.69, 9.17) is 0 Å². The molecule has 0 aromatic heterocycles. The van der Waals surface area contributed by atoms with Gasteiger partial charge in [-0.15, -0.1) is 0 Å². The van der Waals surface area contributed by atoms with Crippen LogP contribution in [0.1, 0.15) is 49.8 Å². The number of phenols is 2. The van der Waals surface area contributed by atoms with Crippen LogP contribution in [-0.4, -0.2) is 18.6 Å². The predicted molar refractivity (Wildman–Crippen MR) is 135 cm³/mol. The van der Waals surface area contributed by atoms with Crippen molar-refractivity contribution in [3.05, 3.63) is 77.9 Å². The first-order chi connectivity index (χ1) is 15.7. The number of sulfonamides is 1. The second kappa shape index (κ2) is 10.1. The molecule has 0 saturated heterocycles. The second-order valence-corrected chi connectivity index (χ2v) is 9.98. The second-order valence-electron chi connectivity index (χ2n) is 8.37. The maximum absolute atomic E-state index is 13.5. The number of allylic oxidation sites excluding steroid dienone is 1. The van der Waals surface area contributed by atoms with Gasteiger partial charge in [-0.1, -0.05) is 73.9 Å². The lowest BCUT2D eigenvalue weighted by Gasteiger charge is -2.20. The minimum atomic E-state index is -4.14. The Morgan fingerprint density at radius 2 is 1.73 bits per heavy atom. The third kappa shape index (κ3) is 5.40. The fourth-order valence-corrected chi connectivity index (χ4v) is 5.37. The van der Waals surface area contributed by atoms with Crippen LogP contribution in [-0.2, 0) is 16.4 Å². The van der Waals surface area contributed by atoms with Crippen molar-refractivity contribution in [2.45, 2.75) is 51.3 Å². The van der Waals surface area contributed by atoms with Crippen LogP contribution in [0, 0.1) is 6.92 Å². The normalized spacial score (nSPS) is 11.4. The van der Waals surface area contributed by atoms with E-state index in [0.717, 1.165) is 36.0 Å². The summed E-state index contributed by atoms with van der Waals surface area (Å²) in [4.78, 5) is -0.204. The van der Waals surface area contributed by atoms with Crippen molar-refractivity contribution in [2.24, 2.45) is 0 Å². The summed E-state index contributed by atoms with van der Waals surface area (Å²) in [5.74, 6) is -0.621. The third-order valence-electron chi connectivity index (χ3n) is 5.56. The van der Waals surface area contributed by atoms with E-state index in [-0.39, 0.29) is 16.2 Å². The molecule has 0 bridgehead atoms. The Kier molecular flexibility index (Phi) is 7.49. The maximum Gasteiger partial charge on any atom is 0.265 e. The smallest absolute Gasteiger partial charge is 0.265 e. The summed E-state index contributed by atoms with van der Waals surface area (Å²) in [5, 5.41) is 22.3. The van der Waals surface area contributed by atoms with E-state index in [1.54, 1.807) is 30.3 Å². The average Bonchev–Trinajstić information content (AvgIpc) is 2.73. The molecule has 3 rings (SSSR count). The molecule has 174 valence electrons. The van der Waals surface area contributed by atoms with Gasteiger partial charge in [0.25, 0.3) is 10.0 Å². The predicted octanol–water partition coefficient (Wildman–Crippen LogP) is 6.64. The number of hydrogen-bond donors (Lipinski definition) is 3. The summed E-state index contributed by atoms with van der Waals surface area (Å²) < 4.78 is 29.5. The zero-order valence-corrected chi connectivity index (χ0v) is 20.2. The zero-order valence-electron chi connectivity index (χ0n) is 19.4. The Balaban J connectivity index is 2.27. The van der Waals surface area contributed by atoms with Crippen LogP contribution < -0.4 is 4.72 Å². The molecule has 3 aromatic rings. The molecule has 0 heterocycles. The van der Waals surface area contributed by atoms with Gasteiger partial charge < -0.3 is 10.2 Å². The van der Waals surface area contributed by atoms with Gasteiger partial charge in [0.15, 0.2) is 0 Å². The van der Waals surface area contributed by atoms with Crippen LogP contribution in [0.3, 0.4) is 0 Å². The molecule has 6 heteroatoms. The fraction of sp³-hybridized carbons (Fsp3) is 0.259. The molecule has 0 radical (unpaired) electrons. The number of phenolic OH excluding ortho intramolecular Hbond substituents is 2. The number of anilines is 1. The first-order valence-corrected chi connectivity index (χ1v) is 12.6. The average molecular weight is 466 g/mol. The quantitative estimate of drug-likeness (QED) is 0.309. The van der Waals surface area contributed by atoms with Gasteiger partial charge in [0.1, 0.15) is 16.4 Å². The van der Waals surface area contributed by atoms with E-state index < -0.39 is 15.8 Å². The van der Waals surface area contributed by atoms with Crippen molar-refractivity contribution in [2.75, 3.05) is 4.72 Å². The number of benzene rings is 3. The van der Waals surface area contributed by atoms with Gasteiger partial charge in [-0.3, -0.25) is 4.72 Å². The van der Waals surface area contributed by atoms with Crippen molar-refractivity contribution in [3.8, 4) is 22.6 Å². The van der Waals surface area contributed by atoms with Gasteiger partial charge >= 0.3 is 0 Å². The van der Waals surface area contributed by atoms with Crippen LogP contribution in [0.2, 0.25) is 0 Å². The molecule has 0 aliphatic rings. The first-order valence-electron chi connectivity index (χ1n) is 11.1. The third-order valence-corrected chi connectivity index (χ3v) is 7.06. The van der Waals surface area contributed by atoms with Gasteiger partial charge in [-0.2, -0.15) is 0 Å². The van der Waals surface area contributed by atoms with Crippen LogP contribution in [0.25, 0.3) is 16.7 Å². The number of unbranched alkanes of at least 4 members (excludes halogenated alkanes) is 2. The van der Waals surface area contributed by atoms with E-state index in [9.17, 15) is 18.6 Å². The van der Waals surface area contributed by atoms with E-state index >= 15 is 0 Å². The minimum absolute atomic E-state index is 0.0874. The molecule has 3 N–H and O–H groups in total. The Labute approximate surface area is 196 Å². The van der Waals surface area contributed by atoms with Gasteiger partial charge in [0.2, 0.25) is 0 Å². The monoisotopic (exact) mass is 465 g/mol. The summed E-state index contributed by atoms with van der Waals surface area (Å²) in [5.41, 5.74) is 3.78. The molecule has 0 aliphatic carbocycles. The lowest BCUT2D eigenvalue weighted by atomic mass is 9.91. The molecular weight excluding hydrogens is 434 g/mol. The zero-order chi connectivity index (χ0) is 24.2. The highest BCUT2D eigenvalue weighted by molar-refractivity contribution is 7.92. The van der Waals surface area contributed by atoms with E-state index in [2.05, 4.69) is 18.2 Å². The van der Waals surface area contributed by atoms with Crippen LogP contribution in [0.15, 0.2) is 66.1 Å². The lowest BCUT2D eigenvalue weighted by molar-refractivity contribution is 0.440. The Morgan fingerprint density at radius 3 is 2.36 bits per heavy atom. The Morgan fingerprint density at radius 1 is 1.03 bits per heavy atom. The van der Waals surface area contributed by atoms with Crippen LogP contribution in [0.4, 0.5) is 5.69 Å².